The van der Waals surface area contributed by atoms with Crippen molar-refractivity contribution >= 4 is 39.3 Å². The molecular formula is C11H12IN2O2P. The third-order valence-corrected chi connectivity index (χ3v) is 4.94. The lowest BCUT2D eigenvalue weighted by molar-refractivity contribution is 0.0955. The molecule has 3 rings (SSSR count). The van der Waals surface area contributed by atoms with Gasteiger partial charge in [0, 0.05) is 11.5 Å². The van der Waals surface area contributed by atoms with E-state index in [1.165, 1.54) is 0 Å². The molecule has 90 valence electrons. The molecule has 1 fully saturated rings. The fourth-order valence-electron chi connectivity index (χ4n) is 1.81. The zero-order chi connectivity index (χ0) is 11.9. The molecule has 1 heterocycles. The number of aliphatic hydroxyl groups is 1. The molecule has 0 saturated heterocycles. The molecule has 17 heavy (non-hydrogen) atoms. The van der Waals surface area contributed by atoms with Crippen LogP contribution in [0.5, 0.6) is 5.75 Å². The van der Waals surface area contributed by atoms with Crippen molar-refractivity contribution in [3.8, 4) is 5.75 Å². The highest BCUT2D eigenvalue weighted by Crippen LogP contribution is 2.40. The number of nitrogens with zero attached hydrogens (tertiary/aromatic N) is 2. The number of halogens is 1. The van der Waals surface area contributed by atoms with E-state index in [4.69, 9.17) is 4.74 Å². The van der Waals surface area contributed by atoms with Gasteiger partial charge in [-0.15, -0.1) is 0 Å². The van der Waals surface area contributed by atoms with Gasteiger partial charge in [0.25, 0.3) is 0 Å². The molecule has 0 amide bonds. The van der Waals surface area contributed by atoms with Crippen molar-refractivity contribution in [2.24, 2.45) is 0 Å². The molecular weight excluding hydrogens is 350 g/mol. The molecule has 2 aromatic rings. The van der Waals surface area contributed by atoms with Gasteiger partial charge >= 0.3 is 0 Å². The van der Waals surface area contributed by atoms with E-state index < -0.39 is 0 Å². The number of rotatable bonds is 4. The lowest BCUT2D eigenvalue weighted by Gasteiger charge is -2.15. The third kappa shape index (κ3) is 2.16. The van der Waals surface area contributed by atoms with Gasteiger partial charge in [0.15, 0.2) is 0 Å². The van der Waals surface area contributed by atoms with Crippen LogP contribution in [0.25, 0.3) is 10.9 Å². The van der Waals surface area contributed by atoms with Gasteiger partial charge in [-0.1, -0.05) is 0 Å². The Morgan fingerprint density at radius 3 is 3.00 bits per heavy atom. The summed E-state index contributed by atoms with van der Waals surface area (Å²) < 4.78 is 7.81. The third-order valence-electron chi connectivity index (χ3n) is 3.05. The number of hydrogen-bond acceptors (Lipinski definition) is 3. The van der Waals surface area contributed by atoms with Crippen LogP contribution in [0.3, 0.4) is 0 Å². The quantitative estimate of drug-likeness (QED) is 0.672. The lowest BCUT2D eigenvalue weighted by atomic mass is 10.2. The van der Waals surface area contributed by atoms with E-state index in [1.54, 1.807) is 0 Å². The Morgan fingerprint density at radius 2 is 2.35 bits per heavy atom. The summed E-state index contributed by atoms with van der Waals surface area (Å²) in [6, 6.07) is 5.96. The van der Waals surface area contributed by atoms with Crippen LogP contribution >= 0.6 is 28.4 Å². The Kier molecular flexibility index (Phi) is 3.00. The Morgan fingerprint density at radius 1 is 1.53 bits per heavy atom. The van der Waals surface area contributed by atoms with E-state index in [-0.39, 0.29) is 12.2 Å². The highest BCUT2D eigenvalue weighted by molar-refractivity contribution is 14.2. The van der Waals surface area contributed by atoms with Crippen LogP contribution in [-0.4, -0.2) is 26.9 Å². The molecule has 0 aliphatic heterocycles. The maximum Gasteiger partial charge on any atom is 0.132 e. The van der Waals surface area contributed by atoms with E-state index in [9.17, 15) is 5.11 Å². The van der Waals surface area contributed by atoms with Crippen molar-refractivity contribution in [2.75, 3.05) is 6.61 Å². The molecule has 1 unspecified atom stereocenters. The first-order valence-electron chi connectivity index (χ1n) is 5.41. The minimum Gasteiger partial charge on any atom is -0.485 e. The van der Waals surface area contributed by atoms with Crippen molar-refractivity contribution in [3.63, 3.8) is 0 Å². The van der Waals surface area contributed by atoms with Crippen molar-refractivity contribution in [2.45, 2.75) is 18.4 Å². The molecule has 1 aliphatic rings. The zero-order valence-corrected chi connectivity index (χ0v) is 12.2. The molecule has 1 aliphatic carbocycles. The van der Waals surface area contributed by atoms with E-state index in [1.807, 2.05) is 28.8 Å². The molecule has 6 heteroatoms. The largest absolute Gasteiger partial charge is 0.485 e. The first kappa shape index (κ1) is 11.7. The van der Waals surface area contributed by atoms with E-state index in [0.29, 0.717) is 6.37 Å². The molecule has 0 bridgehead atoms. The van der Waals surface area contributed by atoms with Gasteiger partial charge in [0.1, 0.15) is 11.4 Å². The molecule has 1 saturated carbocycles. The average molecular weight is 362 g/mol. The van der Waals surface area contributed by atoms with Crippen LogP contribution in [0.2, 0.25) is 0 Å². The van der Waals surface area contributed by atoms with Crippen molar-refractivity contribution in [1.29, 1.82) is 0 Å². The Hall–Kier alpha value is -0.390. The topological polar surface area (TPSA) is 47.3 Å². The van der Waals surface area contributed by atoms with Crippen molar-refractivity contribution < 1.29 is 9.84 Å². The van der Waals surface area contributed by atoms with Crippen LogP contribution in [-0.2, 0) is 0 Å². The van der Waals surface area contributed by atoms with Gasteiger partial charge in [-0.05, 0) is 47.0 Å². The molecule has 4 nitrogen and oxygen atoms in total. The summed E-state index contributed by atoms with van der Waals surface area (Å²) in [7, 11) is 0. The van der Waals surface area contributed by atoms with E-state index >= 15 is 0 Å². The SMILES string of the molecule is OCC1(Oc2ccc3cnn(PI)c3c2)CC1. The van der Waals surface area contributed by atoms with Gasteiger partial charge in [-0.2, -0.15) is 5.10 Å². The van der Waals surface area contributed by atoms with Crippen molar-refractivity contribution in [3.05, 3.63) is 24.4 Å². The summed E-state index contributed by atoms with van der Waals surface area (Å²) in [6.07, 6.45) is 4.32. The minimum absolute atomic E-state index is 0.0956. The van der Waals surface area contributed by atoms with Crippen molar-refractivity contribution in [1.82, 2.24) is 9.55 Å². The first-order chi connectivity index (χ1) is 8.26. The molecule has 0 radical (unpaired) electrons. The summed E-state index contributed by atoms with van der Waals surface area (Å²) in [5, 5.41) is 14.7. The van der Waals surface area contributed by atoms with Gasteiger partial charge in [-0.25, -0.2) is 4.45 Å². The summed E-state index contributed by atoms with van der Waals surface area (Å²) in [6.45, 7) is 0.0956. The predicted octanol–water partition coefficient (Wildman–Crippen LogP) is 2.73. The highest BCUT2D eigenvalue weighted by Gasteiger charge is 2.45. The summed E-state index contributed by atoms with van der Waals surface area (Å²) in [5.41, 5.74) is 0.773. The predicted molar refractivity (Wildman–Crippen MR) is 77.1 cm³/mol. The Balaban J connectivity index is 1.95. The fourth-order valence-corrected chi connectivity index (χ4v) is 3.35. The van der Waals surface area contributed by atoms with Crippen LogP contribution in [0, 0.1) is 0 Å². The molecule has 1 atom stereocenters. The maximum absolute atomic E-state index is 9.25. The molecule has 0 spiro atoms. The van der Waals surface area contributed by atoms with Crippen LogP contribution in [0.4, 0.5) is 0 Å². The van der Waals surface area contributed by atoms with E-state index in [2.05, 4.69) is 27.1 Å². The summed E-state index contributed by atoms with van der Waals surface area (Å²) in [4.78, 5) is 0. The smallest absolute Gasteiger partial charge is 0.132 e. The van der Waals surface area contributed by atoms with Crippen LogP contribution in [0.1, 0.15) is 12.8 Å². The van der Waals surface area contributed by atoms with Gasteiger partial charge < -0.3 is 9.84 Å². The second-order valence-corrected chi connectivity index (χ2v) is 6.34. The molecule has 1 N–H and O–H groups in total. The standard InChI is InChI=1S/C11H12IN2O2P/c12-17-14-10-5-9(2-1-8(10)6-13-14)16-11(7-15)3-4-11/h1-2,5-6,15,17H,3-4,7H2. The summed E-state index contributed by atoms with van der Waals surface area (Å²) >= 11 is 2.31. The van der Waals surface area contributed by atoms with Gasteiger partial charge in [0.05, 0.1) is 24.7 Å². The van der Waals surface area contributed by atoms with Gasteiger partial charge in [-0.3, -0.25) is 0 Å². The van der Waals surface area contributed by atoms with Crippen LogP contribution < -0.4 is 4.74 Å². The first-order valence-corrected chi connectivity index (χ1v) is 9.47. The van der Waals surface area contributed by atoms with E-state index in [0.717, 1.165) is 29.5 Å². The monoisotopic (exact) mass is 362 g/mol. The fraction of sp³-hybridized carbons (Fsp3) is 0.364. The number of fused-ring (bicyclic) bond motifs is 1. The number of hydrogen-bond donors (Lipinski definition) is 1. The minimum atomic E-state index is -0.314. The lowest BCUT2D eigenvalue weighted by Crippen LogP contribution is -2.22. The Labute approximate surface area is 114 Å². The molecule has 1 aromatic carbocycles. The zero-order valence-electron chi connectivity index (χ0n) is 9.06. The second-order valence-electron chi connectivity index (χ2n) is 4.30. The van der Waals surface area contributed by atoms with Gasteiger partial charge in [0.2, 0.25) is 0 Å². The average Bonchev–Trinajstić information content (AvgIpc) is 3.01. The second kappa shape index (κ2) is 4.37. The number of aromatic nitrogens is 2. The highest BCUT2D eigenvalue weighted by atomic mass is 127. The number of benzene rings is 1. The summed E-state index contributed by atoms with van der Waals surface area (Å²) in [5.74, 6) is 0.820. The number of aliphatic hydroxyl groups excluding tert-OH is 1. The van der Waals surface area contributed by atoms with Crippen LogP contribution in [0.15, 0.2) is 24.4 Å². The molecule has 1 aromatic heterocycles. The Bertz CT molecular complexity index is 553. The normalized spacial score (nSPS) is 18.0. The number of ether oxygens (including phenoxy) is 1. The maximum atomic E-state index is 9.25.